The van der Waals surface area contributed by atoms with Crippen molar-refractivity contribution < 1.29 is 14.3 Å². The van der Waals surface area contributed by atoms with E-state index in [-0.39, 0.29) is 16.9 Å². The predicted molar refractivity (Wildman–Crippen MR) is 156 cm³/mol. The van der Waals surface area contributed by atoms with E-state index in [1.54, 1.807) is 24.3 Å². The normalized spacial score (nSPS) is 13.3. The van der Waals surface area contributed by atoms with Crippen LogP contribution in [0.2, 0.25) is 5.02 Å². The third-order valence-electron chi connectivity index (χ3n) is 6.04. The Morgan fingerprint density at radius 3 is 2.34 bits per heavy atom. The van der Waals surface area contributed by atoms with Crippen LogP contribution in [-0.2, 0) is 0 Å². The number of hydrogen-bond donors (Lipinski definition) is 2. The molecule has 0 radical (unpaired) electrons. The number of carbonyl (C=O) groups is 2. The number of rotatable bonds is 7. The topological polar surface area (TPSA) is 73.9 Å². The molecule has 9 heteroatoms. The van der Waals surface area contributed by atoms with E-state index in [1.807, 2.05) is 53.4 Å². The molecule has 0 aromatic heterocycles. The van der Waals surface area contributed by atoms with Crippen LogP contribution >= 0.6 is 23.8 Å². The average molecular weight is 551 g/mol. The van der Waals surface area contributed by atoms with Gasteiger partial charge < -0.3 is 19.9 Å². The number of nitrogens with one attached hydrogen (secondary N) is 2. The summed E-state index contributed by atoms with van der Waals surface area (Å²) in [5.41, 5.74) is 2.70. The molecular formula is C29H31ClN4O3S. The summed E-state index contributed by atoms with van der Waals surface area (Å²) in [7, 11) is 0. The van der Waals surface area contributed by atoms with E-state index in [2.05, 4.69) is 29.4 Å². The number of anilines is 2. The molecule has 1 aliphatic heterocycles. The second kappa shape index (κ2) is 12.8. The van der Waals surface area contributed by atoms with Gasteiger partial charge in [0.15, 0.2) is 5.11 Å². The lowest BCUT2D eigenvalue weighted by atomic mass is 10.1. The molecule has 7 nitrogen and oxygen atoms in total. The fraction of sp³-hybridized carbons (Fsp3) is 0.276. The lowest BCUT2D eigenvalue weighted by Crippen LogP contribution is -2.48. The summed E-state index contributed by atoms with van der Waals surface area (Å²) in [5, 5.41) is 6.44. The molecule has 38 heavy (non-hydrogen) atoms. The van der Waals surface area contributed by atoms with Crippen LogP contribution < -0.4 is 20.3 Å². The maximum Gasteiger partial charge on any atom is 0.257 e. The molecule has 0 atom stereocenters. The Balaban J connectivity index is 1.30. The quantitative estimate of drug-likeness (QED) is 0.380. The van der Waals surface area contributed by atoms with Gasteiger partial charge in [0, 0.05) is 43.0 Å². The first-order valence-corrected chi connectivity index (χ1v) is 13.3. The number of benzene rings is 3. The third kappa shape index (κ3) is 7.24. The Hall–Kier alpha value is -3.62. The third-order valence-corrected chi connectivity index (χ3v) is 6.55. The standard InChI is InChI=1S/C29H31ClN4O3S/c1-20(2)19-37-24-10-6-9-22(17-24)27(35)32-29(38)31-23-11-12-26(25(30)18-23)33-13-15-34(16-14-33)28(36)21-7-4-3-5-8-21/h3-12,17-18,20H,13-16,19H2,1-2H3,(H2,31,32,35,38). The van der Waals surface area contributed by atoms with Crippen molar-refractivity contribution in [2.24, 2.45) is 5.92 Å². The summed E-state index contributed by atoms with van der Waals surface area (Å²) >= 11 is 11.9. The SMILES string of the molecule is CC(C)COc1cccc(C(=O)NC(=S)Nc2ccc(N3CCN(C(=O)c4ccccc4)CC3)c(Cl)c2)c1. The van der Waals surface area contributed by atoms with Crippen molar-refractivity contribution >= 4 is 52.1 Å². The number of piperazine rings is 1. The van der Waals surface area contributed by atoms with Crippen molar-refractivity contribution in [1.82, 2.24) is 10.2 Å². The molecule has 2 N–H and O–H groups in total. The zero-order valence-corrected chi connectivity index (χ0v) is 23.0. The first kappa shape index (κ1) is 27.4. The van der Waals surface area contributed by atoms with E-state index in [1.165, 1.54) is 0 Å². The van der Waals surface area contributed by atoms with Gasteiger partial charge in [-0.3, -0.25) is 14.9 Å². The molecule has 0 unspecified atom stereocenters. The highest BCUT2D eigenvalue weighted by Crippen LogP contribution is 2.30. The van der Waals surface area contributed by atoms with Crippen molar-refractivity contribution in [3.05, 3.63) is 88.9 Å². The fourth-order valence-electron chi connectivity index (χ4n) is 4.08. The highest BCUT2D eigenvalue weighted by molar-refractivity contribution is 7.80. The van der Waals surface area contributed by atoms with Gasteiger partial charge >= 0.3 is 0 Å². The van der Waals surface area contributed by atoms with Crippen LogP contribution in [0, 0.1) is 5.92 Å². The van der Waals surface area contributed by atoms with E-state index in [9.17, 15) is 9.59 Å². The second-order valence-corrected chi connectivity index (χ2v) is 10.3. The zero-order valence-electron chi connectivity index (χ0n) is 21.4. The van der Waals surface area contributed by atoms with Crippen LogP contribution in [0.3, 0.4) is 0 Å². The highest BCUT2D eigenvalue weighted by atomic mass is 35.5. The minimum atomic E-state index is -0.330. The maximum atomic E-state index is 12.7. The number of halogens is 1. The number of amides is 2. The lowest BCUT2D eigenvalue weighted by molar-refractivity contribution is 0.0746. The van der Waals surface area contributed by atoms with Gasteiger partial charge in [-0.25, -0.2) is 0 Å². The smallest absolute Gasteiger partial charge is 0.257 e. The zero-order chi connectivity index (χ0) is 27.1. The largest absolute Gasteiger partial charge is 0.493 e. The van der Waals surface area contributed by atoms with Crippen LogP contribution in [0.5, 0.6) is 5.75 Å². The Morgan fingerprint density at radius 2 is 1.66 bits per heavy atom. The van der Waals surface area contributed by atoms with Crippen molar-refractivity contribution in [2.75, 3.05) is 43.0 Å². The summed E-state index contributed by atoms with van der Waals surface area (Å²) in [6.45, 7) is 7.29. The highest BCUT2D eigenvalue weighted by Gasteiger charge is 2.23. The van der Waals surface area contributed by atoms with Crippen LogP contribution in [0.1, 0.15) is 34.6 Å². The molecule has 0 bridgehead atoms. The molecule has 2 amide bonds. The van der Waals surface area contributed by atoms with Gasteiger partial charge in [0.1, 0.15) is 5.75 Å². The minimum absolute atomic E-state index is 0.0428. The fourth-order valence-corrected chi connectivity index (χ4v) is 4.59. The van der Waals surface area contributed by atoms with Gasteiger partial charge in [0.05, 0.1) is 17.3 Å². The Bertz CT molecular complexity index is 1290. The number of ether oxygens (including phenoxy) is 1. The summed E-state index contributed by atoms with van der Waals surface area (Å²) < 4.78 is 5.70. The van der Waals surface area contributed by atoms with E-state index in [4.69, 9.17) is 28.6 Å². The summed E-state index contributed by atoms with van der Waals surface area (Å²) in [6.07, 6.45) is 0. The number of hydrogen-bond acceptors (Lipinski definition) is 5. The molecule has 0 aliphatic carbocycles. The minimum Gasteiger partial charge on any atom is -0.493 e. The summed E-state index contributed by atoms with van der Waals surface area (Å²) in [5.74, 6) is 0.734. The molecule has 3 aromatic carbocycles. The van der Waals surface area contributed by atoms with Crippen molar-refractivity contribution in [1.29, 1.82) is 0 Å². The van der Waals surface area contributed by atoms with E-state index in [0.717, 1.165) is 5.69 Å². The predicted octanol–water partition coefficient (Wildman–Crippen LogP) is 5.46. The molecular weight excluding hydrogens is 520 g/mol. The molecule has 0 spiro atoms. The Morgan fingerprint density at radius 1 is 0.947 bits per heavy atom. The summed E-state index contributed by atoms with van der Waals surface area (Å²) in [6, 6.07) is 21.9. The van der Waals surface area contributed by atoms with Crippen LogP contribution in [0.25, 0.3) is 0 Å². The first-order chi connectivity index (χ1) is 18.3. The number of carbonyl (C=O) groups excluding carboxylic acids is 2. The van der Waals surface area contributed by atoms with Crippen molar-refractivity contribution in [2.45, 2.75) is 13.8 Å². The lowest BCUT2D eigenvalue weighted by Gasteiger charge is -2.36. The molecule has 1 saturated heterocycles. The molecule has 198 valence electrons. The Kier molecular flexibility index (Phi) is 9.20. The van der Waals surface area contributed by atoms with Gasteiger partial charge in [-0.15, -0.1) is 0 Å². The molecule has 1 aliphatic rings. The number of thiocarbonyl (C=S) groups is 1. The molecule has 3 aromatic rings. The van der Waals surface area contributed by atoms with Gasteiger partial charge in [0.2, 0.25) is 0 Å². The van der Waals surface area contributed by atoms with Crippen LogP contribution in [-0.4, -0.2) is 54.6 Å². The van der Waals surface area contributed by atoms with E-state index >= 15 is 0 Å². The number of nitrogens with zero attached hydrogens (tertiary/aromatic N) is 2. The maximum absolute atomic E-state index is 12.7. The van der Waals surface area contributed by atoms with E-state index in [0.29, 0.717) is 66.3 Å². The van der Waals surface area contributed by atoms with Gasteiger partial charge in [0.25, 0.3) is 11.8 Å². The Labute approximate surface area is 233 Å². The van der Waals surface area contributed by atoms with Gasteiger partial charge in [-0.05, 0) is 66.7 Å². The summed E-state index contributed by atoms with van der Waals surface area (Å²) in [4.78, 5) is 29.4. The van der Waals surface area contributed by atoms with Crippen molar-refractivity contribution in [3.8, 4) is 5.75 Å². The molecule has 1 heterocycles. The van der Waals surface area contributed by atoms with Gasteiger partial charge in [-0.2, -0.15) is 0 Å². The molecule has 0 saturated carbocycles. The van der Waals surface area contributed by atoms with Crippen LogP contribution in [0.15, 0.2) is 72.8 Å². The first-order valence-electron chi connectivity index (χ1n) is 12.5. The molecule has 1 fully saturated rings. The van der Waals surface area contributed by atoms with Gasteiger partial charge in [-0.1, -0.05) is 49.7 Å². The van der Waals surface area contributed by atoms with E-state index < -0.39 is 0 Å². The monoisotopic (exact) mass is 550 g/mol. The van der Waals surface area contributed by atoms with Crippen LogP contribution in [0.4, 0.5) is 11.4 Å². The average Bonchev–Trinajstić information content (AvgIpc) is 2.92. The molecule has 4 rings (SSSR count). The van der Waals surface area contributed by atoms with Crippen molar-refractivity contribution in [3.63, 3.8) is 0 Å². The second-order valence-electron chi connectivity index (χ2n) is 9.45.